The average Bonchev–Trinajstić information content (AvgIpc) is 2.27. The van der Waals surface area contributed by atoms with Gasteiger partial charge in [0.15, 0.2) is 23.3 Å². The van der Waals surface area contributed by atoms with Gasteiger partial charge in [-0.05, 0) is 13.8 Å². The fourth-order valence-corrected chi connectivity index (χ4v) is 2.20. The first kappa shape index (κ1) is 13.0. The summed E-state index contributed by atoms with van der Waals surface area (Å²) in [6, 6.07) is 0.860. The number of morpholine rings is 1. The van der Waals surface area contributed by atoms with Crippen LogP contribution in [0, 0.1) is 11.6 Å². The molecule has 0 saturated carbocycles. The number of hydrogen-bond acceptors (Lipinski definition) is 4. The van der Waals surface area contributed by atoms with E-state index in [0.717, 1.165) is 6.07 Å². The largest absolute Gasteiger partial charge is 0.372 e. The Labute approximate surface area is 105 Å². The molecule has 1 aliphatic heterocycles. The zero-order valence-corrected chi connectivity index (χ0v) is 10.7. The third-order valence-electron chi connectivity index (χ3n) is 2.87. The summed E-state index contributed by atoms with van der Waals surface area (Å²) in [4.78, 5) is 5.78. The van der Waals surface area contributed by atoms with Gasteiger partial charge in [0, 0.05) is 26.2 Å². The topological polar surface area (TPSA) is 37.4 Å². The number of nitrogens with zero attached hydrogens (tertiary/aromatic N) is 2. The molecule has 0 unspecified atom stereocenters. The zero-order chi connectivity index (χ0) is 13.3. The van der Waals surface area contributed by atoms with Gasteiger partial charge in [-0.1, -0.05) is 0 Å². The maximum atomic E-state index is 13.8. The first-order chi connectivity index (χ1) is 8.51. The lowest BCUT2D eigenvalue weighted by Gasteiger charge is -2.36. The summed E-state index contributed by atoms with van der Waals surface area (Å²) in [5, 5.41) is 2.61. The van der Waals surface area contributed by atoms with Gasteiger partial charge in [-0.25, -0.2) is 13.8 Å². The molecule has 1 aromatic rings. The SMILES string of the molecule is CNc1nc(N2C[C@@H](C)O[C@@H](C)C2)c(F)cc1F. The molecule has 1 N–H and O–H groups in total. The molecule has 2 heterocycles. The molecule has 0 bridgehead atoms. The predicted octanol–water partition coefficient (Wildman–Crippen LogP) is 2.02. The molecule has 1 fully saturated rings. The average molecular weight is 257 g/mol. The summed E-state index contributed by atoms with van der Waals surface area (Å²) in [7, 11) is 1.55. The van der Waals surface area contributed by atoms with Crippen molar-refractivity contribution >= 4 is 11.6 Å². The van der Waals surface area contributed by atoms with Crippen LogP contribution in [-0.2, 0) is 4.74 Å². The summed E-state index contributed by atoms with van der Waals surface area (Å²) in [6.45, 7) is 4.93. The minimum atomic E-state index is -0.687. The van der Waals surface area contributed by atoms with Gasteiger partial charge in [-0.2, -0.15) is 0 Å². The molecule has 1 aromatic heterocycles. The van der Waals surface area contributed by atoms with Crippen LogP contribution in [0.15, 0.2) is 6.07 Å². The first-order valence-corrected chi connectivity index (χ1v) is 5.95. The fraction of sp³-hybridized carbons (Fsp3) is 0.583. The van der Waals surface area contributed by atoms with E-state index in [1.165, 1.54) is 0 Å². The predicted molar refractivity (Wildman–Crippen MR) is 65.9 cm³/mol. The molecular weight excluding hydrogens is 240 g/mol. The Morgan fingerprint density at radius 3 is 2.44 bits per heavy atom. The van der Waals surface area contributed by atoms with Gasteiger partial charge in [0.25, 0.3) is 0 Å². The quantitative estimate of drug-likeness (QED) is 0.879. The minimum absolute atomic E-state index is 0.00182. The Balaban J connectivity index is 2.32. The van der Waals surface area contributed by atoms with E-state index >= 15 is 0 Å². The van der Waals surface area contributed by atoms with Crippen LogP contribution < -0.4 is 10.2 Å². The Kier molecular flexibility index (Phi) is 3.65. The van der Waals surface area contributed by atoms with Crippen molar-refractivity contribution in [1.29, 1.82) is 0 Å². The number of nitrogens with one attached hydrogen (secondary N) is 1. The number of aromatic nitrogens is 1. The summed E-state index contributed by atoms with van der Waals surface area (Å²) in [5.74, 6) is -1.11. The smallest absolute Gasteiger partial charge is 0.168 e. The van der Waals surface area contributed by atoms with Crippen LogP contribution in [0.2, 0.25) is 0 Å². The van der Waals surface area contributed by atoms with Crippen LogP contribution >= 0.6 is 0 Å². The molecular formula is C12H17F2N3O. The Bertz CT molecular complexity index is 432. The van der Waals surface area contributed by atoms with Crippen LogP contribution in [0.5, 0.6) is 0 Å². The lowest BCUT2D eigenvalue weighted by atomic mass is 10.2. The van der Waals surface area contributed by atoms with E-state index in [1.807, 2.05) is 13.8 Å². The second-order valence-corrected chi connectivity index (χ2v) is 4.54. The van der Waals surface area contributed by atoms with Crippen LogP contribution in [0.3, 0.4) is 0 Å². The van der Waals surface area contributed by atoms with E-state index < -0.39 is 11.6 Å². The third kappa shape index (κ3) is 2.53. The van der Waals surface area contributed by atoms with E-state index in [0.29, 0.717) is 13.1 Å². The number of ether oxygens (including phenoxy) is 1. The van der Waals surface area contributed by atoms with Crippen molar-refractivity contribution in [2.75, 3.05) is 30.4 Å². The molecule has 2 rings (SSSR count). The first-order valence-electron chi connectivity index (χ1n) is 5.95. The highest BCUT2D eigenvalue weighted by Crippen LogP contribution is 2.25. The molecule has 18 heavy (non-hydrogen) atoms. The molecule has 0 radical (unpaired) electrons. The Morgan fingerprint density at radius 2 is 1.89 bits per heavy atom. The second kappa shape index (κ2) is 5.06. The van der Waals surface area contributed by atoms with Crippen molar-refractivity contribution in [3.8, 4) is 0 Å². The van der Waals surface area contributed by atoms with Gasteiger partial charge in [0.2, 0.25) is 0 Å². The maximum absolute atomic E-state index is 13.8. The van der Waals surface area contributed by atoms with Crippen LogP contribution in [0.1, 0.15) is 13.8 Å². The second-order valence-electron chi connectivity index (χ2n) is 4.54. The molecule has 1 saturated heterocycles. The number of pyridine rings is 1. The molecule has 2 atom stereocenters. The van der Waals surface area contributed by atoms with Gasteiger partial charge in [0.1, 0.15) is 0 Å². The van der Waals surface area contributed by atoms with Crippen molar-refractivity contribution < 1.29 is 13.5 Å². The molecule has 100 valence electrons. The van der Waals surface area contributed by atoms with Crippen LogP contribution in [0.4, 0.5) is 20.4 Å². The van der Waals surface area contributed by atoms with E-state index in [1.54, 1.807) is 11.9 Å². The molecule has 0 amide bonds. The van der Waals surface area contributed by atoms with Gasteiger partial charge in [-0.3, -0.25) is 0 Å². The van der Waals surface area contributed by atoms with E-state index in [4.69, 9.17) is 4.74 Å². The van der Waals surface area contributed by atoms with Crippen molar-refractivity contribution in [2.24, 2.45) is 0 Å². The minimum Gasteiger partial charge on any atom is -0.372 e. The highest BCUT2D eigenvalue weighted by Gasteiger charge is 2.26. The molecule has 6 heteroatoms. The normalized spacial score (nSPS) is 24.2. The number of rotatable bonds is 2. The summed E-state index contributed by atoms with van der Waals surface area (Å²) in [5.41, 5.74) is 0. The third-order valence-corrected chi connectivity index (χ3v) is 2.87. The highest BCUT2D eigenvalue weighted by atomic mass is 19.1. The number of hydrogen-bond donors (Lipinski definition) is 1. The highest BCUT2D eigenvalue weighted by molar-refractivity contribution is 5.49. The molecule has 0 spiro atoms. The van der Waals surface area contributed by atoms with Gasteiger partial charge in [0.05, 0.1) is 12.2 Å². The lowest BCUT2D eigenvalue weighted by Crippen LogP contribution is -2.46. The van der Waals surface area contributed by atoms with Crippen molar-refractivity contribution in [2.45, 2.75) is 26.1 Å². The van der Waals surface area contributed by atoms with Crippen molar-refractivity contribution in [3.05, 3.63) is 17.7 Å². The number of anilines is 2. The summed E-state index contributed by atoms with van der Waals surface area (Å²) >= 11 is 0. The fourth-order valence-electron chi connectivity index (χ4n) is 2.20. The molecule has 0 aromatic carbocycles. The van der Waals surface area contributed by atoms with Crippen LogP contribution in [0.25, 0.3) is 0 Å². The number of halogens is 2. The molecule has 0 aliphatic carbocycles. The van der Waals surface area contributed by atoms with Crippen molar-refractivity contribution in [3.63, 3.8) is 0 Å². The monoisotopic (exact) mass is 257 g/mol. The van der Waals surface area contributed by atoms with Crippen LogP contribution in [-0.4, -0.2) is 37.3 Å². The summed E-state index contributed by atoms with van der Waals surface area (Å²) in [6.07, 6.45) is -0.00363. The van der Waals surface area contributed by atoms with Gasteiger partial charge >= 0.3 is 0 Å². The summed E-state index contributed by atoms with van der Waals surface area (Å²) < 4.78 is 32.7. The zero-order valence-electron chi connectivity index (χ0n) is 10.7. The maximum Gasteiger partial charge on any atom is 0.168 e. The van der Waals surface area contributed by atoms with E-state index in [2.05, 4.69) is 10.3 Å². The van der Waals surface area contributed by atoms with Gasteiger partial charge < -0.3 is 15.0 Å². The van der Waals surface area contributed by atoms with E-state index in [9.17, 15) is 8.78 Å². The molecule has 4 nitrogen and oxygen atoms in total. The standard InChI is InChI=1S/C12H17F2N3O/c1-7-5-17(6-8(2)18-7)12-10(14)4-9(13)11(15-3)16-12/h4,7-8H,5-6H2,1-3H3,(H,15,16)/t7-,8+. The lowest BCUT2D eigenvalue weighted by molar-refractivity contribution is -0.00564. The van der Waals surface area contributed by atoms with Gasteiger partial charge in [-0.15, -0.1) is 0 Å². The molecule has 1 aliphatic rings. The van der Waals surface area contributed by atoms with E-state index in [-0.39, 0.29) is 23.8 Å². The Hall–Kier alpha value is -1.43. The van der Waals surface area contributed by atoms with Crippen molar-refractivity contribution in [1.82, 2.24) is 4.98 Å². The Morgan fingerprint density at radius 1 is 1.28 bits per heavy atom.